The van der Waals surface area contributed by atoms with Crippen LogP contribution in [-0.4, -0.2) is 18.2 Å². The number of hydrogen-bond donors (Lipinski definition) is 1. The molecule has 0 spiro atoms. The van der Waals surface area contributed by atoms with Crippen molar-refractivity contribution < 1.29 is 14.1 Å². The molecule has 5 nitrogen and oxygen atoms in total. The molecular weight excluding hydrogens is 186 g/mol. The molecule has 0 radical (unpaired) electrons. The second-order valence-corrected chi connectivity index (χ2v) is 3.36. The summed E-state index contributed by atoms with van der Waals surface area (Å²) < 4.78 is 9.49. The number of aromatic nitrogens is 1. The van der Waals surface area contributed by atoms with Gasteiger partial charge in [0.1, 0.15) is 5.92 Å². The van der Waals surface area contributed by atoms with Crippen molar-refractivity contribution in [2.24, 2.45) is 5.92 Å². The second kappa shape index (κ2) is 4.13. The molecule has 0 fully saturated rings. The average Bonchev–Trinajstić information content (AvgIpc) is 2.51. The van der Waals surface area contributed by atoms with Crippen molar-refractivity contribution in [3.8, 4) is 0 Å². The molecular formula is C9H13NO4. The lowest BCUT2D eigenvalue weighted by Gasteiger charge is -2.14. The maximum Gasteiger partial charge on any atom is 0.316 e. The highest BCUT2D eigenvalue weighted by molar-refractivity contribution is 5.77. The van der Waals surface area contributed by atoms with E-state index in [9.17, 15) is 9.59 Å². The monoisotopic (exact) mass is 199 g/mol. The molecule has 0 aliphatic heterocycles. The summed E-state index contributed by atoms with van der Waals surface area (Å²) in [4.78, 5) is 22.2. The molecule has 0 amide bonds. The summed E-state index contributed by atoms with van der Waals surface area (Å²) in [5.41, 5.74) is -0.352. The number of hydrogen-bond acceptors (Lipinski definition) is 4. The Morgan fingerprint density at radius 3 is 2.57 bits per heavy atom. The predicted octanol–water partition coefficient (Wildman–Crippen LogP) is 0.880. The standard InChI is InChI=1S/C9H13NO4/c1-5(2)8(9(12)13-3)6-4-7(11)10-14-6/h4-5,8H,1-3H3,(H,10,11)/t8-/m1/s1. The van der Waals surface area contributed by atoms with Crippen LogP contribution in [0.5, 0.6) is 0 Å². The number of esters is 1. The molecule has 0 unspecified atom stereocenters. The van der Waals surface area contributed by atoms with Gasteiger partial charge in [-0.05, 0) is 5.92 Å². The van der Waals surface area contributed by atoms with Gasteiger partial charge in [-0.25, -0.2) is 0 Å². The molecule has 5 heteroatoms. The Balaban J connectivity index is 3.00. The maximum absolute atomic E-state index is 11.4. The Hall–Kier alpha value is -1.52. The fourth-order valence-corrected chi connectivity index (χ4v) is 1.29. The maximum atomic E-state index is 11.4. The van der Waals surface area contributed by atoms with E-state index < -0.39 is 11.9 Å². The van der Waals surface area contributed by atoms with Gasteiger partial charge in [0.25, 0.3) is 5.56 Å². The summed E-state index contributed by atoms with van der Waals surface area (Å²) in [7, 11) is 1.31. The van der Waals surface area contributed by atoms with Gasteiger partial charge in [0.15, 0.2) is 5.76 Å². The van der Waals surface area contributed by atoms with Crippen LogP contribution < -0.4 is 5.56 Å². The summed E-state index contributed by atoms with van der Waals surface area (Å²) in [5, 5.41) is 2.14. The van der Waals surface area contributed by atoms with E-state index in [4.69, 9.17) is 4.52 Å². The topological polar surface area (TPSA) is 72.3 Å². The lowest BCUT2D eigenvalue weighted by atomic mass is 9.93. The van der Waals surface area contributed by atoms with Crippen molar-refractivity contribution in [3.63, 3.8) is 0 Å². The van der Waals surface area contributed by atoms with Crippen LogP contribution in [-0.2, 0) is 9.53 Å². The molecule has 1 rings (SSSR count). The van der Waals surface area contributed by atoms with Gasteiger partial charge in [0.2, 0.25) is 0 Å². The van der Waals surface area contributed by atoms with Gasteiger partial charge in [-0.15, -0.1) is 0 Å². The molecule has 1 N–H and O–H groups in total. The SMILES string of the molecule is COC(=O)[C@@H](c1cc(=O)[nH]o1)C(C)C. The number of carbonyl (C=O) groups excluding carboxylic acids is 1. The first-order valence-corrected chi connectivity index (χ1v) is 4.32. The zero-order chi connectivity index (χ0) is 10.7. The van der Waals surface area contributed by atoms with Crippen molar-refractivity contribution in [2.45, 2.75) is 19.8 Å². The molecule has 0 aliphatic carbocycles. The van der Waals surface area contributed by atoms with Crippen LogP contribution in [0.15, 0.2) is 15.4 Å². The number of carbonyl (C=O) groups is 1. The first-order valence-electron chi connectivity index (χ1n) is 4.32. The smallest absolute Gasteiger partial charge is 0.316 e. The Labute approximate surface area is 81.0 Å². The van der Waals surface area contributed by atoms with E-state index in [1.165, 1.54) is 13.2 Å². The van der Waals surface area contributed by atoms with Crippen molar-refractivity contribution in [1.82, 2.24) is 5.16 Å². The Bertz CT molecular complexity index is 363. The molecule has 14 heavy (non-hydrogen) atoms. The van der Waals surface area contributed by atoms with E-state index in [2.05, 4.69) is 9.89 Å². The third-order valence-corrected chi connectivity index (χ3v) is 1.97. The van der Waals surface area contributed by atoms with Gasteiger partial charge in [0, 0.05) is 6.07 Å². The number of methoxy groups -OCH3 is 1. The number of ether oxygens (including phenoxy) is 1. The zero-order valence-corrected chi connectivity index (χ0v) is 8.37. The Morgan fingerprint density at radius 2 is 2.21 bits per heavy atom. The van der Waals surface area contributed by atoms with Gasteiger partial charge >= 0.3 is 5.97 Å². The fraction of sp³-hybridized carbons (Fsp3) is 0.556. The Morgan fingerprint density at radius 1 is 1.57 bits per heavy atom. The van der Waals surface area contributed by atoms with Crippen LogP contribution in [0.25, 0.3) is 0 Å². The van der Waals surface area contributed by atoms with E-state index in [0.717, 1.165) is 0 Å². The summed E-state index contributed by atoms with van der Waals surface area (Å²) in [6.07, 6.45) is 0. The highest BCUT2D eigenvalue weighted by Gasteiger charge is 2.28. The number of aromatic amines is 1. The number of rotatable bonds is 3. The molecule has 1 aromatic rings. The van der Waals surface area contributed by atoms with E-state index >= 15 is 0 Å². The molecule has 0 saturated heterocycles. The average molecular weight is 199 g/mol. The second-order valence-electron chi connectivity index (χ2n) is 3.36. The van der Waals surface area contributed by atoms with Crippen LogP contribution in [0.4, 0.5) is 0 Å². The van der Waals surface area contributed by atoms with Crippen molar-refractivity contribution in [2.75, 3.05) is 7.11 Å². The minimum Gasteiger partial charge on any atom is -0.468 e. The minimum atomic E-state index is -0.529. The Kier molecular flexibility index (Phi) is 3.11. The highest BCUT2D eigenvalue weighted by Crippen LogP contribution is 2.24. The van der Waals surface area contributed by atoms with Gasteiger partial charge in [-0.3, -0.25) is 9.59 Å². The van der Waals surface area contributed by atoms with Crippen LogP contribution in [0, 0.1) is 5.92 Å². The zero-order valence-electron chi connectivity index (χ0n) is 8.37. The van der Waals surface area contributed by atoms with Crippen LogP contribution in [0.3, 0.4) is 0 Å². The van der Waals surface area contributed by atoms with Gasteiger partial charge in [0.05, 0.1) is 7.11 Å². The first kappa shape index (κ1) is 10.6. The predicted molar refractivity (Wildman–Crippen MR) is 48.9 cm³/mol. The minimum absolute atomic E-state index is 0.0152. The molecule has 0 aromatic carbocycles. The van der Waals surface area contributed by atoms with Gasteiger partial charge in [-0.2, -0.15) is 5.16 Å². The van der Waals surface area contributed by atoms with E-state index in [-0.39, 0.29) is 11.5 Å². The third-order valence-electron chi connectivity index (χ3n) is 1.97. The van der Waals surface area contributed by atoms with Crippen molar-refractivity contribution >= 4 is 5.97 Å². The fourth-order valence-electron chi connectivity index (χ4n) is 1.29. The molecule has 1 atom stereocenters. The van der Waals surface area contributed by atoms with Gasteiger partial charge < -0.3 is 9.26 Å². The van der Waals surface area contributed by atoms with Gasteiger partial charge in [-0.1, -0.05) is 13.8 Å². The van der Waals surface area contributed by atoms with E-state index in [1.54, 1.807) is 0 Å². The molecule has 0 aliphatic rings. The quantitative estimate of drug-likeness (QED) is 0.733. The summed E-state index contributed by atoms with van der Waals surface area (Å²) in [6, 6.07) is 1.27. The van der Waals surface area contributed by atoms with Crippen molar-refractivity contribution in [3.05, 3.63) is 22.2 Å². The first-order chi connectivity index (χ1) is 6.56. The van der Waals surface area contributed by atoms with Crippen LogP contribution in [0.1, 0.15) is 25.5 Å². The summed E-state index contributed by atoms with van der Waals surface area (Å²) in [5.74, 6) is -0.597. The van der Waals surface area contributed by atoms with Crippen molar-refractivity contribution in [1.29, 1.82) is 0 Å². The number of H-pyrrole nitrogens is 1. The third kappa shape index (κ3) is 2.04. The molecule has 78 valence electrons. The van der Waals surface area contributed by atoms with Crippen LogP contribution >= 0.6 is 0 Å². The largest absolute Gasteiger partial charge is 0.468 e. The summed E-state index contributed by atoms with van der Waals surface area (Å²) >= 11 is 0. The molecule has 0 bridgehead atoms. The molecule has 1 heterocycles. The summed E-state index contributed by atoms with van der Waals surface area (Å²) in [6.45, 7) is 3.71. The molecule has 1 aromatic heterocycles. The van der Waals surface area contributed by atoms with E-state index in [1.807, 2.05) is 13.8 Å². The highest BCUT2D eigenvalue weighted by atomic mass is 16.5. The normalized spacial score (nSPS) is 12.9. The van der Waals surface area contributed by atoms with Crippen LogP contribution in [0.2, 0.25) is 0 Å². The number of nitrogens with one attached hydrogen (secondary N) is 1. The lowest BCUT2D eigenvalue weighted by Crippen LogP contribution is -2.19. The lowest BCUT2D eigenvalue weighted by molar-refractivity contribution is -0.144. The van der Waals surface area contributed by atoms with E-state index in [0.29, 0.717) is 5.76 Å². The molecule has 0 saturated carbocycles.